The zero-order chi connectivity index (χ0) is 10.1. The zero-order valence-corrected chi connectivity index (χ0v) is 8.70. The van der Waals surface area contributed by atoms with Crippen LogP contribution in [0.5, 0.6) is 0 Å². The van der Waals surface area contributed by atoms with E-state index in [1.54, 1.807) is 0 Å². The lowest BCUT2D eigenvalue weighted by Gasteiger charge is -2.38. The molecule has 1 fully saturated rings. The number of rotatable bonds is 1. The first-order valence-corrected chi connectivity index (χ1v) is 5.14. The van der Waals surface area contributed by atoms with Crippen LogP contribution in [-0.4, -0.2) is 27.3 Å². The predicted molar refractivity (Wildman–Crippen MR) is 56.0 cm³/mol. The lowest BCUT2D eigenvalue weighted by Crippen LogP contribution is -2.44. The third-order valence-corrected chi connectivity index (χ3v) is 2.92. The Morgan fingerprint density at radius 3 is 2.50 bits per heavy atom. The number of anilines is 2. The van der Waals surface area contributed by atoms with E-state index in [9.17, 15) is 0 Å². The summed E-state index contributed by atoms with van der Waals surface area (Å²) < 4.78 is 0. The standard InChI is InChI=1S/C9H17N5/c1-6-4-3-5-7(2)14(6)9-11-8(10)12-13-9/h6-7H,3-5H2,1-2H3,(H3,10,11,12,13). The molecule has 1 saturated heterocycles. The number of aromatic amines is 1. The van der Waals surface area contributed by atoms with E-state index < -0.39 is 0 Å². The normalized spacial score (nSPS) is 28.0. The molecule has 5 heteroatoms. The molecule has 0 radical (unpaired) electrons. The van der Waals surface area contributed by atoms with Gasteiger partial charge in [0.2, 0.25) is 11.9 Å². The monoisotopic (exact) mass is 195 g/mol. The first-order chi connectivity index (χ1) is 6.68. The van der Waals surface area contributed by atoms with Gasteiger partial charge in [-0.25, -0.2) is 5.10 Å². The van der Waals surface area contributed by atoms with Crippen LogP contribution in [0, 0.1) is 0 Å². The Bertz CT molecular complexity index is 298. The van der Waals surface area contributed by atoms with Crippen molar-refractivity contribution < 1.29 is 0 Å². The van der Waals surface area contributed by atoms with E-state index in [0.29, 0.717) is 18.0 Å². The third kappa shape index (κ3) is 1.54. The Morgan fingerprint density at radius 2 is 2.00 bits per heavy atom. The van der Waals surface area contributed by atoms with Crippen molar-refractivity contribution >= 4 is 11.9 Å². The van der Waals surface area contributed by atoms with Crippen molar-refractivity contribution in [2.45, 2.75) is 45.2 Å². The number of piperidine rings is 1. The maximum absolute atomic E-state index is 5.52. The van der Waals surface area contributed by atoms with Crippen molar-refractivity contribution in [2.75, 3.05) is 10.6 Å². The summed E-state index contributed by atoms with van der Waals surface area (Å²) in [7, 11) is 0. The van der Waals surface area contributed by atoms with Crippen LogP contribution in [0.1, 0.15) is 33.1 Å². The first-order valence-electron chi connectivity index (χ1n) is 5.14. The van der Waals surface area contributed by atoms with Gasteiger partial charge in [0.1, 0.15) is 0 Å². The molecule has 0 saturated carbocycles. The molecule has 78 valence electrons. The SMILES string of the molecule is CC1CCCC(C)N1c1n[nH]c(N)n1. The fourth-order valence-corrected chi connectivity index (χ4v) is 2.20. The maximum Gasteiger partial charge on any atom is 0.246 e. The molecular weight excluding hydrogens is 178 g/mol. The molecule has 3 N–H and O–H groups in total. The first kappa shape index (κ1) is 9.30. The quantitative estimate of drug-likeness (QED) is 0.705. The summed E-state index contributed by atoms with van der Waals surface area (Å²) in [6.07, 6.45) is 3.70. The second-order valence-corrected chi connectivity index (χ2v) is 4.06. The van der Waals surface area contributed by atoms with Crippen molar-refractivity contribution in [3.63, 3.8) is 0 Å². The Balaban J connectivity index is 2.22. The number of nitrogen functional groups attached to an aromatic ring is 1. The van der Waals surface area contributed by atoms with Crippen LogP contribution in [0.25, 0.3) is 0 Å². The molecule has 2 unspecified atom stereocenters. The Hall–Kier alpha value is -1.26. The van der Waals surface area contributed by atoms with Gasteiger partial charge in [-0.15, -0.1) is 5.10 Å². The van der Waals surface area contributed by atoms with E-state index in [1.165, 1.54) is 19.3 Å². The molecule has 0 aromatic carbocycles. The summed E-state index contributed by atoms with van der Waals surface area (Å²) in [6, 6.07) is 1.02. The molecule has 2 heterocycles. The molecule has 0 amide bonds. The van der Waals surface area contributed by atoms with Crippen LogP contribution in [0.15, 0.2) is 0 Å². The highest BCUT2D eigenvalue weighted by molar-refractivity contribution is 5.37. The van der Waals surface area contributed by atoms with Gasteiger partial charge >= 0.3 is 0 Å². The zero-order valence-electron chi connectivity index (χ0n) is 8.70. The molecule has 0 aliphatic carbocycles. The number of nitrogens with zero attached hydrogens (tertiary/aromatic N) is 3. The second kappa shape index (κ2) is 3.48. The predicted octanol–water partition coefficient (Wildman–Crippen LogP) is 1.15. The highest BCUT2D eigenvalue weighted by atomic mass is 15.4. The van der Waals surface area contributed by atoms with Crippen LogP contribution in [0.2, 0.25) is 0 Å². The minimum absolute atomic E-state index is 0.393. The van der Waals surface area contributed by atoms with Crippen molar-refractivity contribution in [1.29, 1.82) is 0 Å². The van der Waals surface area contributed by atoms with Gasteiger partial charge < -0.3 is 10.6 Å². The van der Waals surface area contributed by atoms with Crippen molar-refractivity contribution in [2.24, 2.45) is 0 Å². The van der Waals surface area contributed by atoms with Gasteiger partial charge in [0.25, 0.3) is 0 Å². The molecule has 1 aromatic rings. The molecule has 0 spiro atoms. The highest BCUT2D eigenvalue weighted by Crippen LogP contribution is 2.26. The van der Waals surface area contributed by atoms with Crippen molar-refractivity contribution in [3.05, 3.63) is 0 Å². The van der Waals surface area contributed by atoms with Crippen LogP contribution < -0.4 is 10.6 Å². The van der Waals surface area contributed by atoms with Crippen LogP contribution in [0.3, 0.4) is 0 Å². The average Bonchev–Trinajstić information content (AvgIpc) is 2.51. The van der Waals surface area contributed by atoms with Gasteiger partial charge in [0.05, 0.1) is 0 Å². The van der Waals surface area contributed by atoms with E-state index in [0.717, 1.165) is 5.95 Å². The van der Waals surface area contributed by atoms with Gasteiger partial charge in [0, 0.05) is 12.1 Å². The Morgan fingerprint density at radius 1 is 1.36 bits per heavy atom. The van der Waals surface area contributed by atoms with E-state index in [2.05, 4.69) is 33.9 Å². The summed E-state index contributed by atoms with van der Waals surface area (Å²) in [6.45, 7) is 4.42. The number of nitrogens with two attached hydrogens (primary N) is 1. The van der Waals surface area contributed by atoms with Gasteiger partial charge in [0.15, 0.2) is 0 Å². The molecule has 14 heavy (non-hydrogen) atoms. The summed E-state index contributed by atoms with van der Waals surface area (Å²) in [4.78, 5) is 6.42. The van der Waals surface area contributed by atoms with E-state index in [1.807, 2.05) is 0 Å². The van der Waals surface area contributed by atoms with E-state index >= 15 is 0 Å². The molecule has 1 aliphatic rings. The molecule has 5 nitrogen and oxygen atoms in total. The lowest BCUT2D eigenvalue weighted by atomic mass is 9.98. The van der Waals surface area contributed by atoms with Crippen molar-refractivity contribution in [1.82, 2.24) is 15.2 Å². The molecule has 0 bridgehead atoms. The minimum atomic E-state index is 0.393. The minimum Gasteiger partial charge on any atom is -0.368 e. The fourth-order valence-electron chi connectivity index (χ4n) is 2.20. The Labute approximate surface area is 83.7 Å². The van der Waals surface area contributed by atoms with Crippen LogP contribution >= 0.6 is 0 Å². The second-order valence-electron chi connectivity index (χ2n) is 4.06. The molecular formula is C9H17N5. The summed E-state index contributed by atoms with van der Waals surface area (Å²) in [5.41, 5.74) is 5.52. The number of aromatic nitrogens is 3. The van der Waals surface area contributed by atoms with Gasteiger partial charge in [-0.2, -0.15) is 4.98 Å². The van der Waals surface area contributed by atoms with E-state index in [4.69, 9.17) is 5.73 Å². The van der Waals surface area contributed by atoms with Gasteiger partial charge in [-0.3, -0.25) is 0 Å². The number of hydrogen-bond acceptors (Lipinski definition) is 4. The maximum atomic E-state index is 5.52. The van der Waals surface area contributed by atoms with Crippen LogP contribution in [-0.2, 0) is 0 Å². The number of nitrogens with one attached hydrogen (secondary N) is 1. The molecule has 2 atom stereocenters. The fraction of sp³-hybridized carbons (Fsp3) is 0.778. The summed E-state index contributed by atoms with van der Waals surface area (Å²) in [5, 5.41) is 6.79. The average molecular weight is 195 g/mol. The lowest BCUT2D eigenvalue weighted by molar-refractivity contribution is 0.408. The van der Waals surface area contributed by atoms with Crippen molar-refractivity contribution in [3.8, 4) is 0 Å². The summed E-state index contributed by atoms with van der Waals surface area (Å²) >= 11 is 0. The summed E-state index contributed by atoms with van der Waals surface area (Å²) in [5.74, 6) is 1.13. The number of hydrogen-bond donors (Lipinski definition) is 2. The largest absolute Gasteiger partial charge is 0.368 e. The van der Waals surface area contributed by atoms with Crippen LogP contribution in [0.4, 0.5) is 11.9 Å². The number of H-pyrrole nitrogens is 1. The van der Waals surface area contributed by atoms with Gasteiger partial charge in [-0.1, -0.05) is 0 Å². The third-order valence-electron chi connectivity index (χ3n) is 2.92. The molecule has 2 rings (SSSR count). The Kier molecular flexibility index (Phi) is 2.31. The smallest absolute Gasteiger partial charge is 0.246 e. The molecule has 1 aliphatic heterocycles. The van der Waals surface area contributed by atoms with Gasteiger partial charge in [-0.05, 0) is 33.1 Å². The van der Waals surface area contributed by atoms with E-state index in [-0.39, 0.29) is 0 Å². The topological polar surface area (TPSA) is 70.8 Å². The highest BCUT2D eigenvalue weighted by Gasteiger charge is 2.27. The molecule has 1 aromatic heterocycles.